The van der Waals surface area contributed by atoms with Gasteiger partial charge in [-0.1, -0.05) is 0 Å². The van der Waals surface area contributed by atoms with Crippen molar-refractivity contribution in [2.45, 2.75) is 19.4 Å². The van der Waals surface area contributed by atoms with Crippen LogP contribution in [-0.2, 0) is 0 Å². The number of non-ortho nitro benzene ring substituents is 1. The molecule has 0 aliphatic carbocycles. The van der Waals surface area contributed by atoms with Crippen molar-refractivity contribution in [1.29, 1.82) is 0 Å². The summed E-state index contributed by atoms with van der Waals surface area (Å²) in [4.78, 5) is 12.5. The van der Waals surface area contributed by atoms with Gasteiger partial charge in [0.15, 0.2) is 0 Å². The molecule has 2 rings (SSSR count). The Morgan fingerprint density at radius 2 is 2.26 bits per heavy atom. The molecule has 6 nitrogen and oxygen atoms in total. The van der Waals surface area contributed by atoms with Crippen LogP contribution >= 0.6 is 0 Å². The van der Waals surface area contributed by atoms with Crippen LogP contribution in [0.3, 0.4) is 0 Å². The van der Waals surface area contributed by atoms with Crippen molar-refractivity contribution in [2.24, 2.45) is 5.92 Å². The highest BCUT2D eigenvalue weighted by atomic mass is 16.6. The first kappa shape index (κ1) is 13.6. The van der Waals surface area contributed by atoms with Crippen LogP contribution in [-0.4, -0.2) is 36.3 Å². The molecule has 1 saturated heterocycles. The molecule has 1 aromatic carbocycles. The van der Waals surface area contributed by atoms with Gasteiger partial charge in [-0.15, -0.1) is 0 Å². The molecule has 6 heteroatoms. The zero-order valence-electron chi connectivity index (χ0n) is 11.1. The number of anilines is 1. The lowest BCUT2D eigenvalue weighted by Crippen LogP contribution is -2.23. The molecule has 104 valence electrons. The summed E-state index contributed by atoms with van der Waals surface area (Å²) < 4.78 is 5.10. The maximum atomic E-state index is 10.9. The van der Waals surface area contributed by atoms with Crippen LogP contribution in [0.5, 0.6) is 5.75 Å². The Bertz CT molecular complexity index is 476. The number of aliphatic hydroxyl groups excluding tert-OH is 1. The van der Waals surface area contributed by atoms with Crippen LogP contribution < -0.4 is 9.64 Å². The summed E-state index contributed by atoms with van der Waals surface area (Å²) in [5.41, 5.74) is 0.795. The highest BCUT2D eigenvalue weighted by molar-refractivity contribution is 5.58. The molecule has 0 bridgehead atoms. The zero-order valence-corrected chi connectivity index (χ0v) is 11.1. The predicted molar refractivity (Wildman–Crippen MR) is 71.6 cm³/mol. The number of aliphatic hydroxyl groups is 1. The fourth-order valence-electron chi connectivity index (χ4n) is 2.39. The smallest absolute Gasteiger partial charge is 0.275 e. The van der Waals surface area contributed by atoms with E-state index in [9.17, 15) is 15.2 Å². The average molecular weight is 266 g/mol. The molecule has 1 fully saturated rings. The van der Waals surface area contributed by atoms with Crippen LogP contribution in [0, 0.1) is 16.0 Å². The van der Waals surface area contributed by atoms with Crippen LogP contribution in [0.1, 0.15) is 13.3 Å². The van der Waals surface area contributed by atoms with E-state index in [1.165, 1.54) is 13.2 Å². The number of hydrogen-bond donors (Lipinski definition) is 1. The zero-order chi connectivity index (χ0) is 14.0. The topological polar surface area (TPSA) is 75.8 Å². The monoisotopic (exact) mass is 266 g/mol. The van der Waals surface area contributed by atoms with Crippen molar-refractivity contribution in [2.75, 3.05) is 25.1 Å². The molecule has 1 heterocycles. The second kappa shape index (κ2) is 5.44. The summed E-state index contributed by atoms with van der Waals surface area (Å²) in [6, 6.07) is 4.75. The first-order valence-electron chi connectivity index (χ1n) is 6.27. The third-order valence-corrected chi connectivity index (χ3v) is 3.59. The minimum atomic E-state index is -0.422. The van der Waals surface area contributed by atoms with Crippen molar-refractivity contribution in [3.8, 4) is 5.75 Å². The van der Waals surface area contributed by atoms with Gasteiger partial charge >= 0.3 is 0 Å². The normalized spacial score (nSPS) is 20.4. The molecule has 0 spiro atoms. The van der Waals surface area contributed by atoms with Gasteiger partial charge in [-0.3, -0.25) is 10.1 Å². The minimum absolute atomic E-state index is 0.0230. The van der Waals surface area contributed by atoms with Gasteiger partial charge in [0.25, 0.3) is 5.69 Å². The number of methoxy groups -OCH3 is 1. The highest BCUT2D eigenvalue weighted by Gasteiger charge is 2.27. The Morgan fingerprint density at radius 1 is 1.53 bits per heavy atom. The summed E-state index contributed by atoms with van der Waals surface area (Å²) in [5, 5.41) is 20.5. The van der Waals surface area contributed by atoms with E-state index in [1.807, 2.05) is 4.90 Å². The Labute approximate surface area is 111 Å². The van der Waals surface area contributed by atoms with Crippen molar-refractivity contribution >= 4 is 11.4 Å². The number of nitro benzene ring substituents is 1. The van der Waals surface area contributed by atoms with Crippen molar-refractivity contribution in [3.05, 3.63) is 28.3 Å². The van der Waals surface area contributed by atoms with Crippen LogP contribution in [0.4, 0.5) is 11.4 Å². The molecular weight excluding hydrogens is 248 g/mol. The third-order valence-electron chi connectivity index (χ3n) is 3.59. The number of hydrogen-bond acceptors (Lipinski definition) is 5. The first-order chi connectivity index (χ1) is 9.01. The van der Waals surface area contributed by atoms with Gasteiger partial charge in [-0.25, -0.2) is 0 Å². The summed E-state index contributed by atoms with van der Waals surface area (Å²) >= 11 is 0. The lowest BCUT2D eigenvalue weighted by molar-refractivity contribution is -0.384. The van der Waals surface area contributed by atoms with E-state index < -0.39 is 4.92 Å². The molecule has 1 aromatic rings. The van der Waals surface area contributed by atoms with Crippen LogP contribution in [0.25, 0.3) is 0 Å². The Hall–Kier alpha value is -1.82. The third kappa shape index (κ3) is 2.96. The molecule has 0 aromatic heterocycles. The lowest BCUT2D eigenvalue weighted by Gasteiger charge is -2.20. The van der Waals surface area contributed by atoms with E-state index in [4.69, 9.17) is 4.74 Å². The number of nitrogens with zero attached hydrogens (tertiary/aromatic N) is 2. The summed E-state index contributed by atoms with van der Waals surface area (Å²) in [6.07, 6.45) is 0.536. The quantitative estimate of drug-likeness (QED) is 0.664. The molecule has 0 radical (unpaired) electrons. The van der Waals surface area contributed by atoms with E-state index in [0.29, 0.717) is 12.3 Å². The minimum Gasteiger partial charge on any atom is -0.496 e. The molecule has 2 unspecified atom stereocenters. The SMILES string of the molecule is COc1cc(N2CCC(C(C)O)C2)cc([N+](=O)[O-])c1. The molecule has 2 atom stereocenters. The van der Waals surface area contributed by atoms with Crippen molar-refractivity contribution in [3.63, 3.8) is 0 Å². The summed E-state index contributed by atoms with van der Waals surface area (Å²) in [7, 11) is 1.49. The van der Waals surface area contributed by atoms with Crippen molar-refractivity contribution < 1.29 is 14.8 Å². The largest absolute Gasteiger partial charge is 0.496 e. The maximum Gasteiger partial charge on any atom is 0.275 e. The van der Waals surface area contributed by atoms with Gasteiger partial charge in [0, 0.05) is 36.8 Å². The lowest BCUT2D eigenvalue weighted by atomic mass is 10.0. The standard InChI is InChI=1S/C13H18N2O4/c1-9(16)10-3-4-14(8-10)11-5-12(15(17)18)7-13(6-11)19-2/h5-7,9-10,16H,3-4,8H2,1-2H3. The van der Waals surface area contributed by atoms with E-state index in [2.05, 4.69) is 0 Å². The molecule has 0 saturated carbocycles. The Morgan fingerprint density at radius 3 is 2.79 bits per heavy atom. The molecule has 19 heavy (non-hydrogen) atoms. The average Bonchev–Trinajstić information content (AvgIpc) is 2.87. The highest BCUT2D eigenvalue weighted by Crippen LogP contribution is 2.32. The van der Waals surface area contributed by atoms with Gasteiger partial charge < -0.3 is 14.7 Å². The molecule has 1 aliphatic heterocycles. The molecule has 0 amide bonds. The second-order valence-corrected chi connectivity index (χ2v) is 4.88. The van der Waals surface area contributed by atoms with E-state index in [0.717, 1.165) is 18.7 Å². The molecule has 1 aliphatic rings. The van der Waals surface area contributed by atoms with Gasteiger partial charge in [-0.05, 0) is 13.3 Å². The maximum absolute atomic E-state index is 10.9. The van der Waals surface area contributed by atoms with E-state index in [-0.39, 0.29) is 17.7 Å². The van der Waals surface area contributed by atoms with Gasteiger partial charge in [-0.2, -0.15) is 0 Å². The Kier molecular flexibility index (Phi) is 3.90. The molecule has 1 N–H and O–H groups in total. The number of nitro groups is 1. The van der Waals surface area contributed by atoms with Crippen LogP contribution in [0.2, 0.25) is 0 Å². The molecular formula is C13H18N2O4. The number of benzene rings is 1. The predicted octanol–water partition coefficient (Wildman–Crippen LogP) is 1.81. The number of ether oxygens (including phenoxy) is 1. The van der Waals surface area contributed by atoms with Gasteiger partial charge in [0.1, 0.15) is 5.75 Å². The van der Waals surface area contributed by atoms with E-state index >= 15 is 0 Å². The fourth-order valence-corrected chi connectivity index (χ4v) is 2.39. The summed E-state index contributed by atoms with van der Waals surface area (Å²) in [5.74, 6) is 0.690. The van der Waals surface area contributed by atoms with Crippen molar-refractivity contribution in [1.82, 2.24) is 0 Å². The second-order valence-electron chi connectivity index (χ2n) is 4.88. The summed E-state index contributed by atoms with van der Waals surface area (Å²) in [6.45, 7) is 3.28. The Balaban J connectivity index is 2.25. The van der Waals surface area contributed by atoms with Gasteiger partial charge in [0.2, 0.25) is 0 Å². The van der Waals surface area contributed by atoms with E-state index in [1.54, 1.807) is 19.1 Å². The van der Waals surface area contributed by atoms with Crippen LogP contribution in [0.15, 0.2) is 18.2 Å². The first-order valence-corrected chi connectivity index (χ1v) is 6.27. The van der Waals surface area contributed by atoms with Gasteiger partial charge in [0.05, 0.1) is 24.2 Å². The number of rotatable bonds is 4. The fraction of sp³-hybridized carbons (Fsp3) is 0.538.